The van der Waals surface area contributed by atoms with Gasteiger partial charge >= 0.3 is 0 Å². The summed E-state index contributed by atoms with van der Waals surface area (Å²) in [5, 5.41) is 9.36. The summed E-state index contributed by atoms with van der Waals surface area (Å²) in [5.41, 5.74) is 9.00. The van der Waals surface area contributed by atoms with E-state index in [-0.39, 0.29) is 0 Å². The van der Waals surface area contributed by atoms with Crippen LogP contribution in [-0.4, -0.2) is 18.3 Å². The zero-order valence-corrected chi connectivity index (χ0v) is 12.1. The van der Waals surface area contributed by atoms with Crippen molar-refractivity contribution < 1.29 is 4.74 Å². The maximum absolute atomic E-state index is 9.36. The smallest absolute Gasteiger partial charge is 0.122 e. The van der Waals surface area contributed by atoms with E-state index in [1.54, 1.807) is 7.11 Å². The van der Waals surface area contributed by atoms with Crippen LogP contribution in [0.25, 0.3) is 0 Å². The first-order chi connectivity index (χ1) is 9.20. The van der Waals surface area contributed by atoms with Gasteiger partial charge in [0.15, 0.2) is 0 Å². The molecule has 5 heteroatoms. The van der Waals surface area contributed by atoms with Crippen LogP contribution >= 0.6 is 12.2 Å². The second-order valence-electron chi connectivity index (χ2n) is 4.84. The van der Waals surface area contributed by atoms with Crippen molar-refractivity contribution in [1.29, 1.82) is 5.26 Å². The molecule has 0 saturated heterocycles. The minimum absolute atomic E-state index is 0.518. The minimum Gasteiger partial charge on any atom is -0.385 e. The Balaban J connectivity index is 2.49. The minimum atomic E-state index is 0.518. The number of nitrogens with zero attached hydrogens (tertiary/aromatic N) is 2. The van der Waals surface area contributed by atoms with E-state index < -0.39 is 0 Å². The van der Waals surface area contributed by atoms with Gasteiger partial charge in [-0.05, 0) is 43.2 Å². The normalized spacial score (nSPS) is 13.9. The summed E-state index contributed by atoms with van der Waals surface area (Å²) in [5.74, 6) is 0.518. The molecule has 0 aromatic carbocycles. The van der Waals surface area contributed by atoms with Gasteiger partial charge in [-0.1, -0.05) is 12.2 Å². The molecule has 1 aromatic rings. The Morgan fingerprint density at radius 1 is 1.37 bits per heavy atom. The Hall–Kier alpha value is -1.38. The molecule has 0 spiro atoms. The molecule has 2 rings (SSSR count). The number of hydrogen-bond donors (Lipinski definition) is 1. The number of nitrogens with two attached hydrogens (primary N) is 1. The van der Waals surface area contributed by atoms with Crippen molar-refractivity contribution in [2.45, 2.75) is 38.6 Å². The van der Waals surface area contributed by atoms with E-state index in [4.69, 9.17) is 22.7 Å². The molecule has 2 N–H and O–H groups in total. The van der Waals surface area contributed by atoms with Gasteiger partial charge in [0.05, 0.1) is 5.56 Å². The van der Waals surface area contributed by atoms with Crippen LogP contribution < -0.4 is 5.73 Å². The Kier molecular flexibility index (Phi) is 4.56. The molecule has 1 aliphatic carbocycles. The number of ether oxygens (including phenoxy) is 1. The molecular formula is C14H19N3OS. The van der Waals surface area contributed by atoms with Gasteiger partial charge < -0.3 is 15.0 Å². The number of pyridine rings is 1. The third kappa shape index (κ3) is 2.65. The SMILES string of the molecule is COCCCn1c(N)c(C#N)c2c(c1=S)CCCC2. The molecule has 0 atom stereocenters. The summed E-state index contributed by atoms with van der Waals surface area (Å²) in [6.07, 6.45) is 4.99. The molecule has 102 valence electrons. The second kappa shape index (κ2) is 6.18. The monoisotopic (exact) mass is 277 g/mol. The van der Waals surface area contributed by atoms with Crippen molar-refractivity contribution in [2.75, 3.05) is 19.5 Å². The average molecular weight is 277 g/mol. The molecule has 4 nitrogen and oxygen atoms in total. The van der Waals surface area contributed by atoms with E-state index in [2.05, 4.69) is 6.07 Å². The summed E-state index contributed by atoms with van der Waals surface area (Å²) in [4.78, 5) is 0. The maximum atomic E-state index is 9.36. The third-order valence-corrected chi connectivity index (χ3v) is 4.13. The zero-order chi connectivity index (χ0) is 13.8. The van der Waals surface area contributed by atoms with Gasteiger partial charge in [0.25, 0.3) is 0 Å². The van der Waals surface area contributed by atoms with Crippen LogP contribution in [0.1, 0.15) is 36.0 Å². The third-order valence-electron chi connectivity index (χ3n) is 3.66. The zero-order valence-electron chi connectivity index (χ0n) is 11.2. The van der Waals surface area contributed by atoms with Crippen molar-refractivity contribution in [3.8, 4) is 6.07 Å². The number of fused-ring (bicyclic) bond motifs is 1. The quantitative estimate of drug-likeness (QED) is 0.678. The lowest BCUT2D eigenvalue weighted by Crippen LogP contribution is -2.17. The van der Waals surface area contributed by atoms with Crippen molar-refractivity contribution in [3.05, 3.63) is 21.3 Å². The molecule has 1 aromatic heterocycles. The van der Waals surface area contributed by atoms with Crippen LogP contribution in [0.5, 0.6) is 0 Å². The van der Waals surface area contributed by atoms with Crippen molar-refractivity contribution >= 4 is 18.0 Å². The van der Waals surface area contributed by atoms with E-state index in [1.165, 1.54) is 0 Å². The first-order valence-electron chi connectivity index (χ1n) is 6.63. The van der Waals surface area contributed by atoms with Gasteiger partial charge in [-0.15, -0.1) is 0 Å². The van der Waals surface area contributed by atoms with Crippen molar-refractivity contribution in [3.63, 3.8) is 0 Å². The second-order valence-corrected chi connectivity index (χ2v) is 5.23. The highest BCUT2D eigenvalue weighted by molar-refractivity contribution is 7.71. The lowest BCUT2D eigenvalue weighted by Gasteiger charge is -2.22. The Labute approximate surface area is 118 Å². The fourth-order valence-electron chi connectivity index (χ4n) is 2.69. The Morgan fingerprint density at radius 3 is 2.68 bits per heavy atom. The Morgan fingerprint density at radius 2 is 2.05 bits per heavy atom. The first-order valence-corrected chi connectivity index (χ1v) is 7.04. The van der Waals surface area contributed by atoms with E-state index in [9.17, 15) is 5.26 Å². The summed E-state index contributed by atoms with van der Waals surface area (Å²) in [6, 6.07) is 2.26. The van der Waals surface area contributed by atoms with Crippen molar-refractivity contribution in [2.24, 2.45) is 0 Å². The van der Waals surface area contributed by atoms with E-state index in [1.807, 2.05) is 4.57 Å². The van der Waals surface area contributed by atoms with E-state index in [0.717, 1.165) is 47.9 Å². The molecule has 19 heavy (non-hydrogen) atoms. The number of anilines is 1. The van der Waals surface area contributed by atoms with Gasteiger partial charge in [0.1, 0.15) is 16.5 Å². The van der Waals surface area contributed by atoms with E-state index in [0.29, 0.717) is 24.5 Å². The lowest BCUT2D eigenvalue weighted by atomic mass is 9.90. The predicted octanol–water partition coefficient (Wildman–Crippen LogP) is 2.59. The number of aromatic nitrogens is 1. The average Bonchev–Trinajstić information content (AvgIpc) is 2.43. The molecule has 0 radical (unpaired) electrons. The number of methoxy groups -OCH3 is 1. The van der Waals surface area contributed by atoms with Crippen LogP contribution in [0.3, 0.4) is 0 Å². The van der Waals surface area contributed by atoms with E-state index >= 15 is 0 Å². The van der Waals surface area contributed by atoms with Crippen LogP contribution in [-0.2, 0) is 24.1 Å². The van der Waals surface area contributed by atoms with Crippen LogP contribution in [0.15, 0.2) is 0 Å². The van der Waals surface area contributed by atoms with Gasteiger partial charge in [-0.2, -0.15) is 5.26 Å². The van der Waals surface area contributed by atoms with Crippen LogP contribution in [0, 0.1) is 16.0 Å². The molecule has 0 bridgehead atoms. The summed E-state index contributed by atoms with van der Waals surface area (Å²) >= 11 is 5.56. The van der Waals surface area contributed by atoms with Gasteiger partial charge in [-0.25, -0.2) is 0 Å². The van der Waals surface area contributed by atoms with Crippen LogP contribution in [0.4, 0.5) is 5.82 Å². The summed E-state index contributed by atoms with van der Waals surface area (Å²) in [7, 11) is 1.68. The maximum Gasteiger partial charge on any atom is 0.122 e. The standard InChI is InChI=1S/C14H19N3OS/c1-18-8-4-7-17-13(16)12(9-15)10-5-2-3-6-11(10)14(17)19/h2-8,16H2,1H3. The van der Waals surface area contributed by atoms with Crippen molar-refractivity contribution in [1.82, 2.24) is 4.57 Å². The highest BCUT2D eigenvalue weighted by Crippen LogP contribution is 2.29. The largest absolute Gasteiger partial charge is 0.385 e. The topological polar surface area (TPSA) is 64.0 Å². The molecular weight excluding hydrogens is 258 g/mol. The van der Waals surface area contributed by atoms with Gasteiger partial charge in [0.2, 0.25) is 0 Å². The molecule has 0 saturated carbocycles. The lowest BCUT2D eigenvalue weighted by molar-refractivity contribution is 0.190. The molecule has 0 fully saturated rings. The fourth-order valence-corrected chi connectivity index (χ4v) is 3.11. The highest BCUT2D eigenvalue weighted by Gasteiger charge is 2.20. The number of nitriles is 1. The fraction of sp³-hybridized carbons (Fsp3) is 0.571. The van der Waals surface area contributed by atoms with Crippen LogP contribution in [0.2, 0.25) is 0 Å². The number of hydrogen-bond acceptors (Lipinski definition) is 4. The van der Waals surface area contributed by atoms with Gasteiger partial charge in [0, 0.05) is 20.3 Å². The summed E-state index contributed by atoms with van der Waals surface area (Å²) in [6.45, 7) is 1.38. The summed E-state index contributed by atoms with van der Waals surface area (Å²) < 4.78 is 7.77. The first kappa shape index (κ1) is 14.0. The molecule has 0 aliphatic heterocycles. The molecule has 0 amide bonds. The number of nitrogen functional groups attached to an aromatic ring is 1. The highest BCUT2D eigenvalue weighted by atomic mass is 32.1. The molecule has 0 unspecified atom stereocenters. The molecule has 1 heterocycles. The predicted molar refractivity (Wildman–Crippen MR) is 77.5 cm³/mol. The number of rotatable bonds is 4. The molecule has 1 aliphatic rings. The van der Waals surface area contributed by atoms with Gasteiger partial charge in [-0.3, -0.25) is 0 Å². The Bertz CT molecular complexity index is 572.